The van der Waals surface area contributed by atoms with Crippen molar-refractivity contribution in [2.75, 3.05) is 10.0 Å². The Labute approximate surface area is 221 Å². The summed E-state index contributed by atoms with van der Waals surface area (Å²) in [4.78, 5) is 11.8. The number of hydrogen-bond donors (Lipinski definition) is 0. The molecule has 0 fully saturated rings. The summed E-state index contributed by atoms with van der Waals surface area (Å²) in [5.74, 6) is -0.0715. The Kier molecular flexibility index (Phi) is 5.69. The summed E-state index contributed by atoms with van der Waals surface area (Å²) in [6.07, 6.45) is 0. The Morgan fingerprint density at radius 1 is 0.703 bits per heavy atom. The molecular formula is C31H26N4OS. The van der Waals surface area contributed by atoms with Gasteiger partial charge in [-0.15, -0.1) is 0 Å². The zero-order valence-electron chi connectivity index (χ0n) is 20.9. The third-order valence-corrected chi connectivity index (χ3v) is 8.06. The summed E-state index contributed by atoms with van der Waals surface area (Å²) in [6, 6.07) is 35.1. The molecule has 37 heavy (non-hydrogen) atoms. The SMILES string of the molecule is CC(=O)C1=NN(c2ccc(C)cc2)[C@]2(S1)c1ccccc1C(c1ccc(C)cc1)=NN2c1ccccc1. The Hall–Kier alpha value is -4.16. The molecule has 2 heterocycles. The lowest BCUT2D eigenvalue weighted by molar-refractivity contribution is -0.110. The number of anilines is 2. The third kappa shape index (κ3) is 3.85. The van der Waals surface area contributed by atoms with E-state index >= 15 is 0 Å². The minimum atomic E-state index is -0.928. The number of Topliss-reactive ketones (excluding diaryl/α,β-unsaturated/α-hetero) is 1. The molecule has 0 N–H and O–H groups in total. The topological polar surface area (TPSA) is 48.3 Å². The van der Waals surface area contributed by atoms with Gasteiger partial charge >= 0.3 is 0 Å². The van der Waals surface area contributed by atoms with Crippen molar-refractivity contribution in [2.24, 2.45) is 10.2 Å². The number of rotatable bonds is 4. The number of hydrogen-bond acceptors (Lipinski definition) is 6. The molecule has 4 aromatic carbocycles. The number of fused-ring (bicyclic) bond motifs is 2. The maximum atomic E-state index is 12.7. The van der Waals surface area contributed by atoms with Gasteiger partial charge in [0, 0.05) is 23.6 Å². The lowest BCUT2D eigenvalue weighted by Gasteiger charge is -2.47. The molecule has 182 valence electrons. The predicted octanol–water partition coefficient (Wildman–Crippen LogP) is 6.84. The Bertz CT molecular complexity index is 1540. The van der Waals surface area contributed by atoms with Crippen LogP contribution in [0.25, 0.3) is 0 Å². The molecule has 0 amide bonds. The van der Waals surface area contributed by atoms with E-state index in [2.05, 4.69) is 74.5 Å². The van der Waals surface area contributed by atoms with Crippen LogP contribution in [0.3, 0.4) is 0 Å². The van der Waals surface area contributed by atoms with E-state index in [1.54, 1.807) is 6.92 Å². The number of para-hydroxylation sites is 1. The van der Waals surface area contributed by atoms with Gasteiger partial charge in [-0.1, -0.05) is 90.0 Å². The van der Waals surface area contributed by atoms with Crippen molar-refractivity contribution in [1.29, 1.82) is 0 Å². The number of ketones is 1. The van der Waals surface area contributed by atoms with Gasteiger partial charge in [-0.3, -0.25) is 4.79 Å². The zero-order valence-corrected chi connectivity index (χ0v) is 21.7. The largest absolute Gasteiger partial charge is 0.292 e. The van der Waals surface area contributed by atoms with Crippen molar-refractivity contribution in [3.8, 4) is 0 Å². The van der Waals surface area contributed by atoms with E-state index in [9.17, 15) is 4.79 Å². The second kappa shape index (κ2) is 9.05. The Balaban J connectivity index is 1.66. The number of aryl methyl sites for hydroxylation is 2. The quantitative estimate of drug-likeness (QED) is 0.306. The number of carbonyl (C=O) groups excluding carboxylic acids is 1. The van der Waals surface area contributed by atoms with E-state index < -0.39 is 4.99 Å². The minimum absolute atomic E-state index is 0.0715. The van der Waals surface area contributed by atoms with Crippen molar-refractivity contribution < 1.29 is 4.79 Å². The maximum Gasteiger partial charge on any atom is 0.234 e. The summed E-state index contributed by atoms with van der Waals surface area (Å²) in [5, 5.41) is 14.6. The van der Waals surface area contributed by atoms with Crippen LogP contribution >= 0.6 is 11.8 Å². The van der Waals surface area contributed by atoms with Crippen LogP contribution < -0.4 is 10.0 Å². The van der Waals surface area contributed by atoms with Crippen molar-refractivity contribution in [1.82, 2.24) is 0 Å². The van der Waals surface area contributed by atoms with Crippen molar-refractivity contribution in [3.63, 3.8) is 0 Å². The first-order valence-corrected chi connectivity index (χ1v) is 13.1. The van der Waals surface area contributed by atoms with Gasteiger partial charge < -0.3 is 0 Å². The molecule has 0 unspecified atom stereocenters. The van der Waals surface area contributed by atoms with Crippen LogP contribution in [-0.2, 0) is 9.79 Å². The summed E-state index contributed by atoms with van der Waals surface area (Å²) >= 11 is 1.44. The number of hydrazone groups is 2. The van der Waals surface area contributed by atoms with Gasteiger partial charge in [-0.25, -0.2) is 10.0 Å². The van der Waals surface area contributed by atoms with E-state index in [1.165, 1.54) is 17.3 Å². The second-order valence-electron chi connectivity index (χ2n) is 9.33. The average molecular weight is 503 g/mol. The number of benzene rings is 4. The first kappa shape index (κ1) is 23.3. The van der Waals surface area contributed by atoms with Gasteiger partial charge in [0.15, 0.2) is 10.8 Å². The first-order valence-electron chi connectivity index (χ1n) is 12.2. The van der Waals surface area contributed by atoms with E-state index in [4.69, 9.17) is 10.2 Å². The number of nitrogens with zero attached hydrogens (tertiary/aromatic N) is 4. The van der Waals surface area contributed by atoms with Crippen LogP contribution in [0.15, 0.2) is 113 Å². The molecule has 0 aliphatic carbocycles. The smallest absolute Gasteiger partial charge is 0.234 e. The van der Waals surface area contributed by atoms with Crippen LogP contribution in [0.2, 0.25) is 0 Å². The van der Waals surface area contributed by atoms with Crippen molar-refractivity contribution in [2.45, 2.75) is 25.8 Å². The van der Waals surface area contributed by atoms with Crippen LogP contribution in [0.5, 0.6) is 0 Å². The molecule has 0 saturated carbocycles. The van der Waals surface area contributed by atoms with E-state index in [-0.39, 0.29) is 5.78 Å². The molecule has 1 atom stereocenters. The predicted molar refractivity (Wildman–Crippen MR) is 153 cm³/mol. The highest BCUT2D eigenvalue weighted by Gasteiger charge is 2.55. The summed E-state index contributed by atoms with van der Waals surface area (Å²) in [6.45, 7) is 5.72. The van der Waals surface area contributed by atoms with Crippen LogP contribution in [0.4, 0.5) is 11.4 Å². The average Bonchev–Trinajstić information content (AvgIpc) is 3.32. The fourth-order valence-corrected chi connectivity index (χ4v) is 6.05. The zero-order chi connectivity index (χ0) is 25.6. The molecule has 6 heteroatoms. The van der Waals surface area contributed by atoms with Crippen molar-refractivity contribution >= 4 is 39.7 Å². The van der Waals surface area contributed by atoms with Crippen LogP contribution in [0, 0.1) is 13.8 Å². The lowest BCUT2D eigenvalue weighted by Crippen LogP contribution is -2.54. The standard InChI is InChI=1S/C31H26N4OS/c1-21-13-17-24(18-14-21)29-27-11-7-8-12-28(27)31(34(32-29)25-9-5-4-6-10-25)35(33-30(37-31)23(3)36)26-19-15-22(2)16-20-26/h4-20H,1-3H3/t31-/m0/s1. The monoisotopic (exact) mass is 502 g/mol. The van der Waals surface area contributed by atoms with E-state index in [1.807, 2.05) is 52.5 Å². The molecule has 2 aliphatic heterocycles. The van der Waals surface area contributed by atoms with Crippen LogP contribution in [-0.4, -0.2) is 16.5 Å². The molecular weight excluding hydrogens is 476 g/mol. The van der Waals surface area contributed by atoms with Gasteiger partial charge in [-0.2, -0.15) is 10.2 Å². The molecule has 2 aliphatic rings. The summed E-state index contributed by atoms with van der Waals surface area (Å²) in [7, 11) is 0. The molecule has 1 spiro atoms. The van der Waals surface area contributed by atoms with Crippen LogP contribution in [0.1, 0.15) is 34.7 Å². The fourth-order valence-electron chi connectivity index (χ4n) is 4.76. The Morgan fingerprint density at radius 2 is 1.27 bits per heavy atom. The van der Waals surface area contributed by atoms with Gasteiger partial charge in [0.05, 0.1) is 17.1 Å². The molecule has 6 rings (SSSR count). The Morgan fingerprint density at radius 3 is 1.95 bits per heavy atom. The summed E-state index contributed by atoms with van der Waals surface area (Å²) < 4.78 is 0. The van der Waals surface area contributed by atoms with E-state index in [0.717, 1.165) is 39.3 Å². The first-order chi connectivity index (χ1) is 18.0. The molecule has 5 nitrogen and oxygen atoms in total. The van der Waals surface area contributed by atoms with E-state index in [0.29, 0.717) is 5.04 Å². The highest BCUT2D eigenvalue weighted by molar-refractivity contribution is 8.17. The molecule has 0 bridgehead atoms. The molecule has 0 radical (unpaired) electrons. The number of carbonyl (C=O) groups is 1. The summed E-state index contributed by atoms with van der Waals surface area (Å²) in [5.41, 5.74) is 8.10. The normalized spacial score (nSPS) is 18.5. The van der Waals surface area contributed by atoms with Crippen molar-refractivity contribution in [3.05, 3.63) is 131 Å². The number of thioether (sulfide) groups is 1. The van der Waals surface area contributed by atoms with Gasteiger partial charge in [0.2, 0.25) is 4.99 Å². The highest BCUT2D eigenvalue weighted by atomic mass is 32.2. The third-order valence-electron chi connectivity index (χ3n) is 6.64. The molecule has 0 aromatic heterocycles. The molecule has 4 aromatic rings. The minimum Gasteiger partial charge on any atom is -0.292 e. The lowest BCUT2D eigenvalue weighted by atomic mass is 9.93. The van der Waals surface area contributed by atoms with Gasteiger partial charge in [-0.05, 0) is 49.9 Å². The molecule has 0 saturated heterocycles. The van der Waals surface area contributed by atoms with Gasteiger partial charge in [0.1, 0.15) is 0 Å². The highest BCUT2D eigenvalue weighted by Crippen LogP contribution is 2.55. The fraction of sp³-hybridized carbons (Fsp3) is 0.129. The maximum absolute atomic E-state index is 12.7. The van der Waals surface area contributed by atoms with Gasteiger partial charge in [0.25, 0.3) is 0 Å². The second-order valence-corrected chi connectivity index (χ2v) is 10.5.